The van der Waals surface area contributed by atoms with Gasteiger partial charge in [0.05, 0.1) is 6.04 Å². The Bertz CT molecular complexity index is 401. The van der Waals surface area contributed by atoms with Crippen LogP contribution in [0, 0.1) is 6.92 Å². The van der Waals surface area contributed by atoms with Crippen molar-refractivity contribution in [1.29, 1.82) is 0 Å². The lowest BCUT2D eigenvalue weighted by Crippen LogP contribution is -2.10. The zero-order valence-electron chi connectivity index (χ0n) is 10.4. The first-order valence-electron chi connectivity index (χ1n) is 6.23. The second-order valence-electron chi connectivity index (χ2n) is 4.51. The smallest absolute Gasteiger partial charge is 0.183 e. The molecule has 3 heteroatoms. The highest BCUT2D eigenvalue weighted by Crippen LogP contribution is 2.16. The van der Waals surface area contributed by atoms with E-state index in [1.165, 1.54) is 11.1 Å². The van der Waals surface area contributed by atoms with Crippen molar-refractivity contribution in [2.24, 2.45) is 10.7 Å². The van der Waals surface area contributed by atoms with Crippen LogP contribution in [-0.2, 0) is 11.2 Å². The molecule has 92 valence electrons. The van der Waals surface area contributed by atoms with Crippen molar-refractivity contribution in [2.45, 2.75) is 32.2 Å². The summed E-state index contributed by atoms with van der Waals surface area (Å²) in [6.07, 6.45) is 2.80. The SMILES string of the molecule is Cc1ccccc1CC1COC(CCCN)=N1. The molecule has 2 rings (SSSR count). The first-order chi connectivity index (χ1) is 8.29. The van der Waals surface area contributed by atoms with Gasteiger partial charge in [-0.3, -0.25) is 0 Å². The maximum absolute atomic E-state index is 5.57. The molecule has 0 aromatic heterocycles. The van der Waals surface area contributed by atoms with Crippen molar-refractivity contribution in [3.63, 3.8) is 0 Å². The number of rotatable bonds is 5. The fourth-order valence-electron chi connectivity index (χ4n) is 2.06. The Morgan fingerprint density at radius 2 is 2.24 bits per heavy atom. The van der Waals surface area contributed by atoms with Gasteiger partial charge in [0.25, 0.3) is 0 Å². The van der Waals surface area contributed by atoms with Gasteiger partial charge in [-0.15, -0.1) is 0 Å². The third kappa shape index (κ3) is 3.30. The molecule has 0 radical (unpaired) electrons. The number of hydrogen-bond acceptors (Lipinski definition) is 3. The summed E-state index contributed by atoms with van der Waals surface area (Å²) in [5.41, 5.74) is 8.17. The Balaban J connectivity index is 1.93. The Morgan fingerprint density at radius 1 is 1.41 bits per heavy atom. The van der Waals surface area contributed by atoms with Gasteiger partial charge in [0, 0.05) is 6.42 Å². The minimum atomic E-state index is 0.281. The molecule has 0 saturated carbocycles. The summed E-state index contributed by atoms with van der Waals surface area (Å²) in [5.74, 6) is 0.883. The van der Waals surface area contributed by atoms with Crippen LogP contribution in [0.3, 0.4) is 0 Å². The molecule has 0 spiro atoms. The fourth-order valence-corrected chi connectivity index (χ4v) is 2.06. The molecule has 17 heavy (non-hydrogen) atoms. The Hall–Kier alpha value is -1.35. The average molecular weight is 232 g/mol. The number of hydrogen-bond donors (Lipinski definition) is 1. The quantitative estimate of drug-likeness (QED) is 0.845. The highest BCUT2D eigenvalue weighted by Gasteiger charge is 2.19. The molecule has 1 aliphatic rings. The van der Waals surface area contributed by atoms with Gasteiger partial charge in [0.1, 0.15) is 6.61 Å². The zero-order chi connectivity index (χ0) is 12.1. The fraction of sp³-hybridized carbons (Fsp3) is 0.500. The standard InChI is InChI=1S/C14H20N2O/c1-11-5-2-3-6-12(11)9-13-10-17-14(16-13)7-4-8-15/h2-3,5-6,13H,4,7-10,15H2,1H3. The molecule has 2 N–H and O–H groups in total. The number of nitrogens with zero attached hydrogens (tertiary/aromatic N) is 1. The van der Waals surface area contributed by atoms with Crippen molar-refractivity contribution >= 4 is 5.90 Å². The third-order valence-electron chi connectivity index (χ3n) is 3.08. The summed E-state index contributed by atoms with van der Waals surface area (Å²) in [4.78, 5) is 4.60. The van der Waals surface area contributed by atoms with Gasteiger partial charge in [-0.05, 0) is 37.4 Å². The van der Waals surface area contributed by atoms with Gasteiger partial charge >= 0.3 is 0 Å². The predicted octanol–water partition coefficient (Wildman–Crippen LogP) is 2.07. The lowest BCUT2D eigenvalue weighted by atomic mass is 10.0. The molecule has 1 aromatic carbocycles. The molecule has 1 heterocycles. The van der Waals surface area contributed by atoms with E-state index < -0.39 is 0 Å². The molecule has 0 amide bonds. The molecule has 0 fully saturated rings. The Morgan fingerprint density at radius 3 is 3.00 bits per heavy atom. The Labute approximate surface area is 103 Å². The second-order valence-corrected chi connectivity index (χ2v) is 4.51. The minimum Gasteiger partial charge on any atom is -0.479 e. The molecule has 1 unspecified atom stereocenters. The van der Waals surface area contributed by atoms with Crippen LogP contribution >= 0.6 is 0 Å². The van der Waals surface area contributed by atoms with Crippen molar-refractivity contribution in [3.8, 4) is 0 Å². The predicted molar refractivity (Wildman–Crippen MR) is 70.3 cm³/mol. The summed E-state index contributed by atoms with van der Waals surface area (Å²) in [6, 6.07) is 8.74. The van der Waals surface area contributed by atoms with Gasteiger partial charge < -0.3 is 10.5 Å². The molecule has 0 bridgehead atoms. The van der Waals surface area contributed by atoms with Gasteiger partial charge in [-0.25, -0.2) is 4.99 Å². The van der Waals surface area contributed by atoms with Gasteiger partial charge in [-0.2, -0.15) is 0 Å². The molecule has 3 nitrogen and oxygen atoms in total. The largest absolute Gasteiger partial charge is 0.479 e. The van der Waals surface area contributed by atoms with Crippen molar-refractivity contribution in [2.75, 3.05) is 13.2 Å². The Kier molecular flexibility index (Phi) is 4.15. The van der Waals surface area contributed by atoms with Crippen LogP contribution in [0.15, 0.2) is 29.3 Å². The van der Waals surface area contributed by atoms with Crippen LogP contribution in [0.4, 0.5) is 0 Å². The molecule has 1 aliphatic heterocycles. The molecule has 1 atom stereocenters. The van der Waals surface area contributed by atoms with E-state index in [1.807, 2.05) is 0 Å². The van der Waals surface area contributed by atoms with Crippen LogP contribution in [0.5, 0.6) is 0 Å². The van der Waals surface area contributed by atoms with E-state index in [2.05, 4.69) is 36.2 Å². The summed E-state index contributed by atoms with van der Waals surface area (Å²) in [5, 5.41) is 0. The molecule has 0 saturated heterocycles. The maximum atomic E-state index is 5.57. The lowest BCUT2D eigenvalue weighted by molar-refractivity contribution is 0.308. The first-order valence-corrected chi connectivity index (χ1v) is 6.23. The van der Waals surface area contributed by atoms with Gasteiger partial charge in [-0.1, -0.05) is 24.3 Å². The molecular weight excluding hydrogens is 212 g/mol. The number of aryl methyl sites for hydroxylation is 1. The maximum Gasteiger partial charge on any atom is 0.183 e. The number of ether oxygens (including phenoxy) is 1. The molecule has 0 aliphatic carbocycles. The van der Waals surface area contributed by atoms with Crippen molar-refractivity contribution in [3.05, 3.63) is 35.4 Å². The van der Waals surface area contributed by atoms with Crippen LogP contribution in [0.2, 0.25) is 0 Å². The third-order valence-corrected chi connectivity index (χ3v) is 3.08. The zero-order valence-corrected chi connectivity index (χ0v) is 10.4. The van der Waals surface area contributed by atoms with E-state index in [9.17, 15) is 0 Å². The van der Waals surface area contributed by atoms with Crippen LogP contribution < -0.4 is 5.73 Å². The van der Waals surface area contributed by atoms with Crippen molar-refractivity contribution in [1.82, 2.24) is 0 Å². The summed E-state index contributed by atoms with van der Waals surface area (Å²) >= 11 is 0. The van der Waals surface area contributed by atoms with E-state index in [4.69, 9.17) is 10.5 Å². The molecular formula is C14H20N2O. The number of aliphatic imine (C=N–C) groups is 1. The summed E-state index contributed by atoms with van der Waals surface area (Å²) in [6.45, 7) is 3.56. The topological polar surface area (TPSA) is 47.6 Å². The van der Waals surface area contributed by atoms with Gasteiger partial charge in [0.2, 0.25) is 0 Å². The van der Waals surface area contributed by atoms with Crippen LogP contribution in [0.1, 0.15) is 24.0 Å². The normalized spacial score (nSPS) is 18.9. The van der Waals surface area contributed by atoms with E-state index >= 15 is 0 Å². The first kappa shape index (κ1) is 12.1. The highest BCUT2D eigenvalue weighted by atomic mass is 16.5. The van der Waals surface area contributed by atoms with E-state index in [1.54, 1.807) is 0 Å². The van der Waals surface area contributed by atoms with Crippen molar-refractivity contribution < 1.29 is 4.74 Å². The van der Waals surface area contributed by atoms with Gasteiger partial charge in [0.15, 0.2) is 5.90 Å². The monoisotopic (exact) mass is 232 g/mol. The summed E-state index contributed by atoms with van der Waals surface area (Å²) < 4.78 is 5.57. The van der Waals surface area contributed by atoms with E-state index in [0.29, 0.717) is 13.2 Å². The lowest BCUT2D eigenvalue weighted by Gasteiger charge is -2.07. The average Bonchev–Trinajstić information content (AvgIpc) is 2.77. The number of nitrogens with two attached hydrogens (primary N) is 1. The van der Waals surface area contributed by atoms with Crippen LogP contribution in [-0.4, -0.2) is 25.1 Å². The number of benzene rings is 1. The second kappa shape index (κ2) is 5.82. The summed E-state index contributed by atoms with van der Waals surface area (Å²) in [7, 11) is 0. The highest BCUT2D eigenvalue weighted by molar-refractivity contribution is 5.77. The molecule has 1 aromatic rings. The van der Waals surface area contributed by atoms with E-state index in [0.717, 1.165) is 25.2 Å². The minimum absolute atomic E-state index is 0.281. The van der Waals surface area contributed by atoms with Crippen LogP contribution in [0.25, 0.3) is 0 Å². The van der Waals surface area contributed by atoms with E-state index in [-0.39, 0.29) is 6.04 Å².